The van der Waals surface area contributed by atoms with Gasteiger partial charge < -0.3 is 20.1 Å². The zero-order chi connectivity index (χ0) is 12.0. The highest BCUT2D eigenvalue weighted by molar-refractivity contribution is 5.78. The molecular formula is C11H23N3O2. The summed E-state index contributed by atoms with van der Waals surface area (Å²) < 4.78 is 10.2. The van der Waals surface area contributed by atoms with E-state index in [1.54, 1.807) is 14.2 Å². The van der Waals surface area contributed by atoms with Gasteiger partial charge in [0.25, 0.3) is 0 Å². The molecule has 16 heavy (non-hydrogen) atoms. The quantitative estimate of drug-likeness (QED) is 0.508. The van der Waals surface area contributed by atoms with Gasteiger partial charge in [0.15, 0.2) is 5.96 Å². The van der Waals surface area contributed by atoms with Crippen molar-refractivity contribution in [2.45, 2.75) is 31.8 Å². The molecule has 5 heteroatoms. The molecule has 0 heterocycles. The molecule has 1 unspecified atom stereocenters. The monoisotopic (exact) mass is 229 g/mol. The van der Waals surface area contributed by atoms with Gasteiger partial charge in [-0.3, -0.25) is 0 Å². The zero-order valence-corrected chi connectivity index (χ0v) is 10.5. The lowest BCUT2D eigenvalue weighted by atomic mass is 10.3. The van der Waals surface area contributed by atoms with Crippen LogP contribution in [0.15, 0.2) is 4.99 Å². The number of guanidine groups is 1. The molecule has 0 aromatic rings. The first-order valence-corrected chi connectivity index (χ1v) is 5.76. The van der Waals surface area contributed by atoms with Crippen LogP contribution in [-0.2, 0) is 9.47 Å². The highest BCUT2D eigenvalue weighted by Crippen LogP contribution is 2.23. The summed E-state index contributed by atoms with van der Waals surface area (Å²) in [6.07, 6.45) is 2.33. The van der Waals surface area contributed by atoms with Crippen molar-refractivity contribution in [3.8, 4) is 0 Å². The Kier molecular flexibility index (Phi) is 5.55. The van der Waals surface area contributed by atoms with Crippen molar-refractivity contribution < 1.29 is 9.47 Å². The van der Waals surface area contributed by atoms with Gasteiger partial charge in [-0.1, -0.05) is 0 Å². The van der Waals surface area contributed by atoms with Crippen LogP contribution in [0.4, 0.5) is 0 Å². The zero-order valence-electron chi connectivity index (χ0n) is 10.5. The lowest BCUT2D eigenvalue weighted by Crippen LogP contribution is -2.47. The Morgan fingerprint density at radius 2 is 2.12 bits per heavy atom. The van der Waals surface area contributed by atoms with E-state index < -0.39 is 0 Å². The minimum atomic E-state index is 0.225. The SMILES string of the molecule is COCCN(C(N)=NC1CC1)C(C)COC. The Morgan fingerprint density at radius 3 is 2.62 bits per heavy atom. The number of hydrogen-bond donors (Lipinski definition) is 1. The van der Waals surface area contributed by atoms with Gasteiger partial charge in [-0.2, -0.15) is 0 Å². The van der Waals surface area contributed by atoms with Gasteiger partial charge in [0.2, 0.25) is 0 Å². The molecule has 0 bridgehead atoms. The third kappa shape index (κ3) is 4.37. The van der Waals surface area contributed by atoms with E-state index in [1.807, 2.05) is 4.90 Å². The Hall–Kier alpha value is -0.810. The number of methoxy groups -OCH3 is 2. The fourth-order valence-electron chi connectivity index (χ4n) is 1.55. The fourth-order valence-corrected chi connectivity index (χ4v) is 1.55. The summed E-state index contributed by atoms with van der Waals surface area (Å²) in [6, 6.07) is 0.669. The molecule has 0 saturated heterocycles. The molecule has 0 amide bonds. The Morgan fingerprint density at radius 1 is 1.44 bits per heavy atom. The van der Waals surface area contributed by atoms with Gasteiger partial charge in [-0.25, -0.2) is 4.99 Å². The average Bonchev–Trinajstić information content (AvgIpc) is 3.02. The second kappa shape index (κ2) is 6.70. The van der Waals surface area contributed by atoms with E-state index in [-0.39, 0.29) is 6.04 Å². The molecule has 1 atom stereocenters. The minimum Gasteiger partial charge on any atom is -0.383 e. The second-order valence-corrected chi connectivity index (χ2v) is 4.21. The predicted octanol–water partition coefficient (Wildman–Crippen LogP) is 0.447. The average molecular weight is 229 g/mol. The molecule has 0 spiro atoms. The van der Waals surface area contributed by atoms with E-state index in [4.69, 9.17) is 15.2 Å². The molecular weight excluding hydrogens is 206 g/mol. The first kappa shape index (κ1) is 13.3. The Labute approximate surface area is 97.6 Å². The van der Waals surface area contributed by atoms with E-state index in [0.717, 1.165) is 19.4 Å². The normalized spacial score (nSPS) is 18.6. The Balaban J connectivity index is 2.53. The molecule has 2 N–H and O–H groups in total. The van der Waals surface area contributed by atoms with Crippen LogP contribution in [0.3, 0.4) is 0 Å². The first-order chi connectivity index (χ1) is 7.69. The number of rotatable bonds is 7. The summed E-state index contributed by atoms with van der Waals surface area (Å²) in [5.41, 5.74) is 6.00. The number of aliphatic imine (C=N–C) groups is 1. The molecule has 1 aliphatic carbocycles. The standard InChI is InChI=1S/C11H23N3O2/c1-9(8-16-3)14(6-7-15-2)11(12)13-10-4-5-10/h9-10H,4-8H2,1-3H3,(H2,12,13). The first-order valence-electron chi connectivity index (χ1n) is 5.76. The molecule has 1 rings (SSSR count). The second-order valence-electron chi connectivity index (χ2n) is 4.21. The van der Waals surface area contributed by atoms with E-state index in [0.29, 0.717) is 25.2 Å². The molecule has 0 aromatic heterocycles. The van der Waals surface area contributed by atoms with Crippen LogP contribution in [0.2, 0.25) is 0 Å². The minimum absolute atomic E-state index is 0.225. The van der Waals surface area contributed by atoms with Crippen molar-refractivity contribution in [2.75, 3.05) is 34.0 Å². The van der Waals surface area contributed by atoms with Crippen LogP contribution in [0.25, 0.3) is 0 Å². The van der Waals surface area contributed by atoms with Crippen LogP contribution in [0.5, 0.6) is 0 Å². The highest BCUT2D eigenvalue weighted by atomic mass is 16.5. The predicted molar refractivity (Wildman–Crippen MR) is 64.6 cm³/mol. The topological polar surface area (TPSA) is 60.1 Å². The van der Waals surface area contributed by atoms with E-state index in [1.165, 1.54) is 0 Å². The molecule has 0 aliphatic heterocycles. The van der Waals surface area contributed by atoms with Crippen LogP contribution in [0, 0.1) is 0 Å². The number of nitrogens with two attached hydrogens (primary N) is 1. The number of nitrogens with zero attached hydrogens (tertiary/aromatic N) is 2. The smallest absolute Gasteiger partial charge is 0.191 e. The maximum atomic E-state index is 6.00. The van der Waals surface area contributed by atoms with Crippen molar-refractivity contribution in [1.82, 2.24) is 4.90 Å². The van der Waals surface area contributed by atoms with Crippen LogP contribution >= 0.6 is 0 Å². The molecule has 1 saturated carbocycles. The van der Waals surface area contributed by atoms with Gasteiger partial charge in [0.05, 0.1) is 25.3 Å². The van der Waals surface area contributed by atoms with Gasteiger partial charge in [0.1, 0.15) is 0 Å². The molecule has 94 valence electrons. The molecule has 1 aliphatic rings. The van der Waals surface area contributed by atoms with Gasteiger partial charge in [0, 0.05) is 20.8 Å². The number of ether oxygens (including phenoxy) is 2. The maximum absolute atomic E-state index is 6.00. The van der Waals surface area contributed by atoms with Gasteiger partial charge >= 0.3 is 0 Å². The van der Waals surface area contributed by atoms with E-state index >= 15 is 0 Å². The molecule has 5 nitrogen and oxygen atoms in total. The highest BCUT2D eigenvalue weighted by Gasteiger charge is 2.23. The van der Waals surface area contributed by atoms with Gasteiger partial charge in [-0.05, 0) is 19.8 Å². The van der Waals surface area contributed by atoms with E-state index in [9.17, 15) is 0 Å². The van der Waals surface area contributed by atoms with Crippen LogP contribution < -0.4 is 5.73 Å². The van der Waals surface area contributed by atoms with Crippen molar-refractivity contribution >= 4 is 5.96 Å². The van der Waals surface area contributed by atoms with Crippen LogP contribution in [0.1, 0.15) is 19.8 Å². The summed E-state index contributed by atoms with van der Waals surface area (Å²) in [4.78, 5) is 6.50. The number of hydrogen-bond acceptors (Lipinski definition) is 3. The Bertz CT molecular complexity index is 229. The van der Waals surface area contributed by atoms with Crippen molar-refractivity contribution in [3.05, 3.63) is 0 Å². The summed E-state index contributed by atoms with van der Waals surface area (Å²) in [7, 11) is 3.38. The third-order valence-corrected chi connectivity index (χ3v) is 2.63. The third-order valence-electron chi connectivity index (χ3n) is 2.63. The van der Waals surface area contributed by atoms with Crippen molar-refractivity contribution in [2.24, 2.45) is 10.7 Å². The summed E-state index contributed by atoms with van der Waals surface area (Å²) in [5, 5.41) is 0. The maximum Gasteiger partial charge on any atom is 0.191 e. The lowest BCUT2D eigenvalue weighted by Gasteiger charge is -2.29. The fraction of sp³-hybridized carbons (Fsp3) is 0.909. The largest absolute Gasteiger partial charge is 0.383 e. The van der Waals surface area contributed by atoms with Gasteiger partial charge in [-0.15, -0.1) is 0 Å². The summed E-state index contributed by atoms with van der Waals surface area (Å²) in [6.45, 7) is 4.12. The lowest BCUT2D eigenvalue weighted by molar-refractivity contribution is 0.112. The van der Waals surface area contributed by atoms with Crippen LogP contribution in [-0.4, -0.2) is 56.9 Å². The summed E-state index contributed by atoms with van der Waals surface area (Å²) >= 11 is 0. The van der Waals surface area contributed by atoms with Crippen molar-refractivity contribution in [1.29, 1.82) is 0 Å². The molecule has 0 aromatic carbocycles. The summed E-state index contributed by atoms with van der Waals surface area (Å²) in [5.74, 6) is 0.615. The van der Waals surface area contributed by atoms with Crippen molar-refractivity contribution in [3.63, 3.8) is 0 Å². The molecule has 1 fully saturated rings. The van der Waals surface area contributed by atoms with E-state index in [2.05, 4.69) is 11.9 Å². The molecule has 0 radical (unpaired) electrons.